The molecule has 0 aliphatic carbocycles. The predicted molar refractivity (Wildman–Crippen MR) is 88.3 cm³/mol. The number of hydrogen-bond donors (Lipinski definition) is 2. The maximum atomic E-state index is 11.9. The van der Waals surface area contributed by atoms with Gasteiger partial charge in [-0.2, -0.15) is 4.99 Å². The van der Waals surface area contributed by atoms with Crippen molar-refractivity contribution in [1.29, 1.82) is 0 Å². The lowest BCUT2D eigenvalue weighted by Gasteiger charge is -2.28. The fourth-order valence-electron chi connectivity index (χ4n) is 2.34. The second-order valence-corrected chi connectivity index (χ2v) is 5.01. The molecule has 0 bridgehead atoms. The molecule has 1 saturated heterocycles. The molecule has 0 atom stereocenters. The summed E-state index contributed by atoms with van der Waals surface area (Å²) in [6.45, 7) is 3.31. The first-order valence-corrected chi connectivity index (χ1v) is 6.95. The molecule has 3 rings (SSSR count). The van der Waals surface area contributed by atoms with Crippen molar-refractivity contribution in [3.63, 3.8) is 0 Å². The molecule has 8 nitrogen and oxygen atoms in total. The van der Waals surface area contributed by atoms with Gasteiger partial charge in [-0.3, -0.25) is 14.9 Å². The Labute approximate surface area is 138 Å². The van der Waals surface area contributed by atoms with E-state index in [4.69, 9.17) is 0 Å². The predicted octanol–water partition coefficient (Wildman–Crippen LogP) is 0.748. The van der Waals surface area contributed by atoms with Gasteiger partial charge in [0.2, 0.25) is 5.96 Å². The van der Waals surface area contributed by atoms with Crippen LogP contribution >= 0.6 is 12.4 Å². The number of rotatable bonds is 2. The molecule has 0 radical (unpaired) electrons. The van der Waals surface area contributed by atoms with Crippen LogP contribution in [0.25, 0.3) is 6.08 Å². The zero-order valence-corrected chi connectivity index (χ0v) is 13.0. The van der Waals surface area contributed by atoms with Crippen molar-refractivity contribution >= 4 is 36.0 Å². The second kappa shape index (κ2) is 7.21. The summed E-state index contributed by atoms with van der Waals surface area (Å²) in [5.74, 6) is 0.242. The summed E-state index contributed by atoms with van der Waals surface area (Å²) in [4.78, 5) is 28.1. The highest BCUT2D eigenvalue weighted by atomic mass is 35.5. The van der Waals surface area contributed by atoms with Gasteiger partial charge < -0.3 is 15.5 Å². The number of carbonyl (C=O) groups excluding carboxylic acids is 1. The third-order valence-corrected chi connectivity index (χ3v) is 3.52. The molecule has 0 aromatic heterocycles. The number of carbonyl (C=O) groups is 1. The summed E-state index contributed by atoms with van der Waals surface area (Å²) in [5.41, 5.74) is 1.10. The standard InChI is InChI=1S/C14H15N5O3.ClH/c20-13-12(9-10-1-3-11(4-2-10)19(21)22)16-14(17-13)18-7-5-15-6-8-18;/h1-4,9,15H,5-8H2,(H,16,17,20);1H/b12-9-;. The van der Waals surface area contributed by atoms with Gasteiger partial charge in [-0.1, -0.05) is 0 Å². The lowest BCUT2D eigenvalue weighted by Crippen LogP contribution is -2.49. The van der Waals surface area contributed by atoms with Gasteiger partial charge in [0, 0.05) is 38.3 Å². The number of nitrogens with one attached hydrogen (secondary N) is 2. The van der Waals surface area contributed by atoms with E-state index in [2.05, 4.69) is 15.6 Å². The van der Waals surface area contributed by atoms with E-state index in [9.17, 15) is 14.9 Å². The number of aliphatic imine (C=N–C) groups is 1. The van der Waals surface area contributed by atoms with Gasteiger partial charge in [-0.05, 0) is 23.8 Å². The summed E-state index contributed by atoms with van der Waals surface area (Å²) in [7, 11) is 0. The third-order valence-electron chi connectivity index (χ3n) is 3.52. The number of amides is 1. The molecular formula is C14H16ClN5O3. The quantitative estimate of drug-likeness (QED) is 0.469. The van der Waals surface area contributed by atoms with Crippen LogP contribution in [0.5, 0.6) is 0 Å². The van der Waals surface area contributed by atoms with Crippen LogP contribution in [0.4, 0.5) is 5.69 Å². The first kappa shape index (κ1) is 16.9. The van der Waals surface area contributed by atoms with Crippen molar-refractivity contribution in [3.8, 4) is 0 Å². The second-order valence-electron chi connectivity index (χ2n) is 5.01. The Morgan fingerprint density at radius 3 is 2.48 bits per heavy atom. The van der Waals surface area contributed by atoms with E-state index >= 15 is 0 Å². The number of piperazine rings is 1. The van der Waals surface area contributed by atoms with Gasteiger partial charge in [0.1, 0.15) is 5.70 Å². The summed E-state index contributed by atoms with van der Waals surface area (Å²) < 4.78 is 0. The number of benzene rings is 1. The molecule has 2 aliphatic rings. The normalized spacial score (nSPS) is 19.1. The summed E-state index contributed by atoms with van der Waals surface area (Å²) in [6, 6.07) is 6.01. The zero-order valence-electron chi connectivity index (χ0n) is 12.2. The first-order chi connectivity index (χ1) is 10.6. The summed E-state index contributed by atoms with van der Waals surface area (Å²) in [6.07, 6.45) is 1.64. The number of halogens is 1. The number of nitro groups is 1. The Balaban J connectivity index is 0.00000192. The minimum Gasteiger partial charge on any atom is -0.340 e. The smallest absolute Gasteiger partial charge is 0.296 e. The van der Waals surface area contributed by atoms with Crippen molar-refractivity contribution in [2.75, 3.05) is 26.2 Å². The fraction of sp³-hybridized carbons (Fsp3) is 0.286. The molecule has 122 valence electrons. The Morgan fingerprint density at radius 1 is 1.22 bits per heavy atom. The molecule has 1 aromatic rings. The Bertz CT molecular complexity index is 665. The van der Waals surface area contributed by atoms with Gasteiger partial charge in [-0.25, -0.2) is 0 Å². The Kier molecular flexibility index (Phi) is 5.30. The number of nitro benzene ring substituents is 1. The highest BCUT2D eigenvalue weighted by molar-refractivity contribution is 6.12. The monoisotopic (exact) mass is 337 g/mol. The van der Waals surface area contributed by atoms with Crippen molar-refractivity contribution in [1.82, 2.24) is 15.5 Å². The van der Waals surface area contributed by atoms with Crippen LogP contribution < -0.4 is 10.6 Å². The molecule has 1 aromatic carbocycles. The van der Waals surface area contributed by atoms with Gasteiger partial charge in [-0.15, -0.1) is 12.4 Å². The molecule has 2 N–H and O–H groups in total. The van der Waals surface area contributed by atoms with Crippen molar-refractivity contribution in [2.45, 2.75) is 0 Å². The average Bonchev–Trinajstić information content (AvgIpc) is 2.90. The van der Waals surface area contributed by atoms with Gasteiger partial charge in [0.05, 0.1) is 4.92 Å². The largest absolute Gasteiger partial charge is 0.340 e. The van der Waals surface area contributed by atoms with Crippen molar-refractivity contribution in [2.24, 2.45) is 4.99 Å². The van der Waals surface area contributed by atoms with E-state index < -0.39 is 4.92 Å². The van der Waals surface area contributed by atoms with Crippen molar-refractivity contribution in [3.05, 3.63) is 45.6 Å². The van der Waals surface area contributed by atoms with E-state index in [0.717, 1.165) is 26.2 Å². The fourth-order valence-corrected chi connectivity index (χ4v) is 2.34. The SMILES string of the molecule is Cl.O=C1N=C(N2CCNCC2)N/C1=C\c1ccc([N+](=O)[O-])cc1. The molecule has 0 unspecified atom stereocenters. The number of nitrogens with zero attached hydrogens (tertiary/aromatic N) is 3. The van der Waals surface area contributed by atoms with Crippen LogP contribution in [0.3, 0.4) is 0 Å². The van der Waals surface area contributed by atoms with Crippen LogP contribution in [-0.4, -0.2) is 47.9 Å². The Morgan fingerprint density at radius 2 is 1.87 bits per heavy atom. The zero-order chi connectivity index (χ0) is 15.5. The molecule has 2 aliphatic heterocycles. The lowest BCUT2D eigenvalue weighted by molar-refractivity contribution is -0.384. The molecule has 23 heavy (non-hydrogen) atoms. The van der Waals surface area contributed by atoms with Crippen LogP contribution in [0, 0.1) is 10.1 Å². The molecule has 1 amide bonds. The summed E-state index contributed by atoms with van der Waals surface area (Å²) in [5, 5.41) is 16.9. The molecule has 1 fully saturated rings. The Hall–Kier alpha value is -2.45. The molecule has 2 heterocycles. The van der Waals surface area contributed by atoms with E-state index in [1.54, 1.807) is 18.2 Å². The van der Waals surface area contributed by atoms with Crippen LogP contribution in [0.15, 0.2) is 35.0 Å². The highest BCUT2D eigenvalue weighted by Crippen LogP contribution is 2.16. The average molecular weight is 338 g/mol. The topological polar surface area (TPSA) is 99.9 Å². The van der Waals surface area contributed by atoms with Gasteiger partial charge >= 0.3 is 0 Å². The van der Waals surface area contributed by atoms with Gasteiger partial charge in [0.25, 0.3) is 11.6 Å². The van der Waals surface area contributed by atoms with Crippen LogP contribution in [0.1, 0.15) is 5.56 Å². The van der Waals surface area contributed by atoms with Crippen molar-refractivity contribution < 1.29 is 9.72 Å². The molecule has 0 saturated carbocycles. The van der Waals surface area contributed by atoms with Gasteiger partial charge in [0.15, 0.2) is 0 Å². The molecule has 0 spiro atoms. The molecule has 9 heteroatoms. The van der Waals surface area contributed by atoms with E-state index in [0.29, 0.717) is 17.2 Å². The maximum absolute atomic E-state index is 11.9. The number of guanidine groups is 1. The molecular weight excluding hydrogens is 322 g/mol. The lowest BCUT2D eigenvalue weighted by atomic mass is 10.2. The first-order valence-electron chi connectivity index (χ1n) is 6.95. The summed E-state index contributed by atoms with van der Waals surface area (Å²) >= 11 is 0. The van der Waals surface area contributed by atoms with E-state index in [1.807, 2.05) is 4.90 Å². The number of non-ortho nitro benzene ring substituents is 1. The third kappa shape index (κ3) is 3.85. The van der Waals surface area contributed by atoms with E-state index in [1.165, 1.54) is 12.1 Å². The highest BCUT2D eigenvalue weighted by Gasteiger charge is 2.25. The van der Waals surface area contributed by atoms with Crippen LogP contribution in [-0.2, 0) is 4.79 Å². The minimum atomic E-state index is -0.457. The van der Waals surface area contributed by atoms with E-state index in [-0.39, 0.29) is 24.0 Å². The maximum Gasteiger partial charge on any atom is 0.296 e. The van der Waals surface area contributed by atoms with Crippen LogP contribution in [0.2, 0.25) is 0 Å². The minimum absolute atomic E-state index is 0. The number of hydrogen-bond acceptors (Lipinski definition) is 6.